The predicted molar refractivity (Wildman–Crippen MR) is 121 cm³/mol. The van der Waals surface area contributed by atoms with Crippen molar-refractivity contribution in [3.8, 4) is 0 Å². The molecule has 4 rings (SSSR count). The Bertz CT molecular complexity index is 1010. The fourth-order valence-corrected chi connectivity index (χ4v) is 4.55. The first-order valence-corrected chi connectivity index (χ1v) is 11.1. The Morgan fingerprint density at radius 3 is 2.90 bits per heavy atom. The van der Waals surface area contributed by atoms with Crippen molar-refractivity contribution >= 4 is 16.9 Å². The van der Waals surface area contributed by atoms with Crippen molar-refractivity contribution in [2.24, 2.45) is 5.92 Å². The lowest BCUT2D eigenvalue weighted by Crippen LogP contribution is -2.43. The van der Waals surface area contributed by atoms with Gasteiger partial charge in [-0.3, -0.25) is 9.69 Å². The molecule has 0 unspecified atom stereocenters. The molecule has 1 aromatic heterocycles. The van der Waals surface area contributed by atoms with Gasteiger partial charge in [0.2, 0.25) is 5.91 Å². The van der Waals surface area contributed by atoms with Gasteiger partial charge in [0.25, 0.3) is 0 Å². The van der Waals surface area contributed by atoms with Crippen LogP contribution in [-0.4, -0.2) is 40.0 Å². The molecule has 1 atom stereocenters. The van der Waals surface area contributed by atoms with Crippen molar-refractivity contribution < 1.29 is 4.79 Å². The Hall–Kier alpha value is -2.66. The zero-order chi connectivity index (χ0) is 20.9. The van der Waals surface area contributed by atoms with E-state index in [1.807, 2.05) is 6.07 Å². The van der Waals surface area contributed by atoms with E-state index >= 15 is 0 Å². The second-order valence-corrected chi connectivity index (χ2v) is 8.37. The van der Waals surface area contributed by atoms with Crippen LogP contribution in [0.4, 0.5) is 0 Å². The summed E-state index contributed by atoms with van der Waals surface area (Å²) in [5, 5.41) is 3.16. The Balaban J connectivity index is 1.33. The van der Waals surface area contributed by atoms with Crippen LogP contribution in [-0.2, 0) is 24.3 Å². The molecule has 5 heteroatoms. The largest absolute Gasteiger partial charge is 0.355 e. The van der Waals surface area contributed by atoms with E-state index in [0.29, 0.717) is 6.54 Å². The average molecular weight is 405 g/mol. The number of fused-ring (bicyclic) bond motifs is 1. The second kappa shape index (κ2) is 9.43. The monoisotopic (exact) mass is 404 g/mol. The lowest BCUT2D eigenvalue weighted by molar-refractivity contribution is -0.126. The molecule has 158 valence electrons. The van der Waals surface area contributed by atoms with Crippen LogP contribution >= 0.6 is 0 Å². The molecule has 0 spiro atoms. The number of likely N-dealkylation sites (tertiary alicyclic amines) is 1. The highest BCUT2D eigenvalue weighted by Gasteiger charge is 2.26. The number of rotatable bonds is 7. The van der Waals surface area contributed by atoms with Crippen molar-refractivity contribution in [1.82, 2.24) is 19.8 Å². The molecule has 0 aliphatic carbocycles. The highest BCUT2D eigenvalue weighted by atomic mass is 16.1. The zero-order valence-corrected chi connectivity index (χ0v) is 18.1. The van der Waals surface area contributed by atoms with Gasteiger partial charge in [0.1, 0.15) is 5.82 Å². The van der Waals surface area contributed by atoms with Gasteiger partial charge in [-0.25, -0.2) is 4.98 Å². The molecule has 1 aliphatic heterocycles. The van der Waals surface area contributed by atoms with Crippen molar-refractivity contribution in [2.45, 2.75) is 46.2 Å². The smallest absolute Gasteiger partial charge is 0.224 e. The summed E-state index contributed by atoms with van der Waals surface area (Å²) < 4.78 is 2.29. The number of nitrogens with zero attached hydrogens (tertiary/aromatic N) is 3. The zero-order valence-electron chi connectivity index (χ0n) is 18.1. The molecular weight excluding hydrogens is 372 g/mol. The van der Waals surface area contributed by atoms with Crippen LogP contribution < -0.4 is 5.32 Å². The van der Waals surface area contributed by atoms with E-state index in [2.05, 4.69) is 71.1 Å². The fraction of sp³-hybridized carbons (Fsp3) is 0.440. The first kappa shape index (κ1) is 20.6. The molecule has 0 bridgehead atoms. The summed E-state index contributed by atoms with van der Waals surface area (Å²) in [5.74, 6) is 1.35. The summed E-state index contributed by atoms with van der Waals surface area (Å²) in [6.45, 7) is 8.51. The van der Waals surface area contributed by atoms with Crippen molar-refractivity contribution in [3.63, 3.8) is 0 Å². The van der Waals surface area contributed by atoms with E-state index in [1.165, 1.54) is 16.6 Å². The molecule has 1 saturated heterocycles. The third kappa shape index (κ3) is 4.73. The fourth-order valence-electron chi connectivity index (χ4n) is 4.55. The number of hydrogen-bond acceptors (Lipinski definition) is 3. The van der Waals surface area contributed by atoms with Crippen LogP contribution in [0.2, 0.25) is 0 Å². The molecule has 1 fully saturated rings. The van der Waals surface area contributed by atoms with Gasteiger partial charge in [0.15, 0.2) is 0 Å². The summed E-state index contributed by atoms with van der Waals surface area (Å²) in [6.07, 6.45) is 2.91. The number of aromatic nitrogens is 2. The van der Waals surface area contributed by atoms with E-state index in [4.69, 9.17) is 4.98 Å². The first-order valence-electron chi connectivity index (χ1n) is 11.1. The number of nitrogens with one attached hydrogen (secondary N) is 1. The second-order valence-electron chi connectivity index (χ2n) is 8.37. The summed E-state index contributed by atoms with van der Waals surface area (Å²) in [4.78, 5) is 20.0. The first-order chi connectivity index (χ1) is 14.6. The van der Waals surface area contributed by atoms with Gasteiger partial charge in [-0.15, -0.1) is 0 Å². The van der Waals surface area contributed by atoms with Crippen LogP contribution in [0.5, 0.6) is 0 Å². The minimum atomic E-state index is 0.0655. The lowest BCUT2D eigenvalue weighted by Gasteiger charge is -2.31. The number of amides is 1. The molecule has 5 nitrogen and oxygen atoms in total. The Morgan fingerprint density at radius 1 is 1.20 bits per heavy atom. The number of benzene rings is 2. The highest BCUT2D eigenvalue weighted by Crippen LogP contribution is 2.21. The van der Waals surface area contributed by atoms with Gasteiger partial charge in [0, 0.05) is 19.6 Å². The third-order valence-corrected chi connectivity index (χ3v) is 6.09. The number of carbonyl (C=O) groups is 1. The van der Waals surface area contributed by atoms with Gasteiger partial charge in [-0.1, -0.05) is 42.0 Å². The van der Waals surface area contributed by atoms with Crippen LogP contribution in [0, 0.1) is 12.8 Å². The lowest BCUT2D eigenvalue weighted by atomic mass is 9.97. The number of para-hydroxylation sites is 2. The normalized spacial score (nSPS) is 17.3. The van der Waals surface area contributed by atoms with Crippen molar-refractivity contribution in [1.29, 1.82) is 0 Å². The van der Waals surface area contributed by atoms with Gasteiger partial charge < -0.3 is 9.88 Å². The SMILES string of the molecule is CCn1c(CN2CCC[C@@H](C(=O)NCCc3cccc(C)c3)C2)nc2ccccc21. The minimum absolute atomic E-state index is 0.0655. The summed E-state index contributed by atoms with van der Waals surface area (Å²) >= 11 is 0. The van der Waals surface area contributed by atoms with Gasteiger partial charge in [-0.2, -0.15) is 0 Å². The molecular formula is C25H32N4O. The minimum Gasteiger partial charge on any atom is -0.355 e. The maximum Gasteiger partial charge on any atom is 0.224 e. The van der Waals surface area contributed by atoms with Crippen molar-refractivity contribution in [2.75, 3.05) is 19.6 Å². The van der Waals surface area contributed by atoms with Crippen LogP contribution in [0.1, 0.15) is 36.7 Å². The standard InChI is InChI=1S/C25H32N4O/c1-3-29-23-12-5-4-11-22(23)27-24(29)18-28-15-7-10-21(17-28)25(30)26-14-13-20-9-6-8-19(2)16-20/h4-6,8-9,11-12,16,21H,3,7,10,13-15,17-18H2,1-2H3,(H,26,30)/t21-/m1/s1. The number of imidazole rings is 1. The number of carbonyl (C=O) groups excluding carboxylic acids is 1. The molecule has 1 N–H and O–H groups in total. The molecule has 1 amide bonds. The molecule has 0 saturated carbocycles. The molecule has 2 heterocycles. The Labute approximate surface area is 179 Å². The quantitative estimate of drug-likeness (QED) is 0.649. The van der Waals surface area contributed by atoms with E-state index in [9.17, 15) is 4.79 Å². The van der Waals surface area contributed by atoms with E-state index in [1.54, 1.807) is 0 Å². The van der Waals surface area contributed by atoms with E-state index in [0.717, 1.165) is 56.8 Å². The van der Waals surface area contributed by atoms with Gasteiger partial charge in [-0.05, 0) is 57.4 Å². The van der Waals surface area contributed by atoms with Gasteiger partial charge >= 0.3 is 0 Å². The number of aryl methyl sites for hydroxylation is 2. The highest BCUT2D eigenvalue weighted by molar-refractivity contribution is 5.79. The molecule has 2 aromatic carbocycles. The maximum atomic E-state index is 12.8. The summed E-state index contributed by atoms with van der Waals surface area (Å²) in [6, 6.07) is 16.8. The number of hydrogen-bond donors (Lipinski definition) is 1. The number of piperidine rings is 1. The van der Waals surface area contributed by atoms with Crippen LogP contribution in [0.25, 0.3) is 11.0 Å². The Morgan fingerprint density at radius 2 is 2.07 bits per heavy atom. The summed E-state index contributed by atoms with van der Waals surface area (Å²) in [7, 11) is 0. The van der Waals surface area contributed by atoms with Crippen LogP contribution in [0.15, 0.2) is 48.5 Å². The molecule has 30 heavy (non-hydrogen) atoms. The molecule has 3 aromatic rings. The third-order valence-electron chi connectivity index (χ3n) is 6.09. The van der Waals surface area contributed by atoms with Crippen LogP contribution in [0.3, 0.4) is 0 Å². The summed E-state index contributed by atoms with van der Waals surface area (Å²) in [5.41, 5.74) is 4.79. The Kier molecular flexibility index (Phi) is 6.48. The van der Waals surface area contributed by atoms with Crippen molar-refractivity contribution in [3.05, 3.63) is 65.5 Å². The van der Waals surface area contributed by atoms with Gasteiger partial charge in [0.05, 0.1) is 23.5 Å². The topological polar surface area (TPSA) is 50.2 Å². The van der Waals surface area contributed by atoms with E-state index in [-0.39, 0.29) is 11.8 Å². The molecule has 0 radical (unpaired) electrons. The average Bonchev–Trinajstić information content (AvgIpc) is 3.10. The van der Waals surface area contributed by atoms with E-state index < -0.39 is 0 Å². The maximum absolute atomic E-state index is 12.8. The predicted octanol–water partition coefficient (Wildman–Crippen LogP) is 3.94. The molecule has 1 aliphatic rings.